The van der Waals surface area contributed by atoms with Crippen molar-refractivity contribution in [2.24, 2.45) is 0 Å². The molecule has 0 saturated carbocycles. The number of ether oxygens (including phenoxy) is 1. The molecule has 0 spiro atoms. The Labute approximate surface area is 267 Å². The minimum absolute atomic E-state index is 0.0174. The molecule has 3 aromatic rings. The molecule has 45 heavy (non-hydrogen) atoms. The molecule has 0 unspecified atom stereocenters. The number of carbonyl (C=O) groups is 2. The summed E-state index contributed by atoms with van der Waals surface area (Å²) >= 11 is 0. The molecule has 0 saturated heterocycles. The molecule has 11 heteroatoms. The first-order valence-corrected chi connectivity index (χ1v) is 16.7. The lowest BCUT2D eigenvalue weighted by molar-refractivity contribution is 0.0755. The first kappa shape index (κ1) is 35.7. The van der Waals surface area contributed by atoms with E-state index in [1.54, 1.807) is 12.0 Å². The van der Waals surface area contributed by atoms with Crippen molar-refractivity contribution in [3.63, 3.8) is 0 Å². The molecule has 0 fully saturated rings. The van der Waals surface area contributed by atoms with E-state index < -0.39 is 28.1 Å². The molecule has 2 atom stereocenters. The molecule has 0 aliphatic carbocycles. The van der Waals surface area contributed by atoms with Crippen molar-refractivity contribution in [2.45, 2.75) is 56.7 Å². The van der Waals surface area contributed by atoms with Crippen molar-refractivity contribution in [3.8, 4) is 5.75 Å². The standard InChI is InChI=1S/C34H46N4O6S/c1-6-16-38(17-7-2)34(41)28-20-27(21-30(22-28)45(42,43)37(3)4)33(40)36-31(19-25-12-9-8-10-13-25)32(39)24-35-23-26-14-11-15-29(18-26)44-5/h8-15,18,20-22,31-32,35,39H,6-7,16-17,19,23-24H2,1-5H3,(H,36,40)/t31-,32+/m0/s1. The van der Waals surface area contributed by atoms with E-state index in [-0.39, 0.29) is 28.5 Å². The van der Waals surface area contributed by atoms with Crippen LogP contribution in [0.5, 0.6) is 5.75 Å². The topological polar surface area (TPSA) is 128 Å². The Morgan fingerprint density at radius 2 is 1.53 bits per heavy atom. The largest absolute Gasteiger partial charge is 0.497 e. The Balaban J connectivity index is 1.91. The van der Waals surface area contributed by atoms with Crippen LogP contribution in [0.1, 0.15) is 58.5 Å². The van der Waals surface area contributed by atoms with Gasteiger partial charge in [0.05, 0.1) is 24.2 Å². The zero-order valence-electron chi connectivity index (χ0n) is 26.8. The second kappa shape index (κ2) is 17.1. The Bertz CT molecular complexity index is 1510. The quantitative estimate of drug-likeness (QED) is 0.206. The summed E-state index contributed by atoms with van der Waals surface area (Å²) in [6.45, 7) is 5.59. The average Bonchev–Trinajstić information content (AvgIpc) is 3.04. The van der Waals surface area contributed by atoms with Gasteiger partial charge in [0.15, 0.2) is 0 Å². The summed E-state index contributed by atoms with van der Waals surface area (Å²) in [6.07, 6.45) is 0.815. The van der Waals surface area contributed by atoms with Crippen molar-refractivity contribution in [2.75, 3.05) is 40.8 Å². The Kier molecular flexibility index (Phi) is 13.5. The highest BCUT2D eigenvalue weighted by Crippen LogP contribution is 2.21. The van der Waals surface area contributed by atoms with Crippen LogP contribution in [0.2, 0.25) is 0 Å². The SMILES string of the molecule is CCCN(CCC)C(=O)c1cc(C(=O)N[C@@H](Cc2ccccc2)[C@H](O)CNCc2cccc(OC)c2)cc(S(=O)(=O)N(C)C)c1. The number of benzene rings is 3. The zero-order valence-corrected chi connectivity index (χ0v) is 27.6. The number of hydrogen-bond acceptors (Lipinski definition) is 7. The second-order valence-corrected chi connectivity index (χ2v) is 13.3. The summed E-state index contributed by atoms with van der Waals surface area (Å²) in [5.74, 6) is -0.204. The first-order valence-electron chi connectivity index (χ1n) is 15.2. The van der Waals surface area contributed by atoms with Gasteiger partial charge in [0.25, 0.3) is 11.8 Å². The first-order chi connectivity index (χ1) is 21.5. The Morgan fingerprint density at radius 3 is 2.16 bits per heavy atom. The van der Waals surface area contributed by atoms with Crippen LogP contribution < -0.4 is 15.4 Å². The van der Waals surface area contributed by atoms with Gasteiger partial charge in [-0.3, -0.25) is 9.59 Å². The van der Waals surface area contributed by atoms with Gasteiger partial charge in [-0.25, -0.2) is 12.7 Å². The Morgan fingerprint density at radius 1 is 0.889 bits per heavy atom. The van der Waals surface area contributed by atoms with Crippen LogP contribution >= 0.6 is 0 Å². The molecule has 2 amide bonds. The highest BCUT2D eigenvalue weighted by molar-refractivity contribution is 7.89. The van der Waals surface area contributed by atoms with E-state index in [1.807, 2.05) is 68.4 Å². The normalized spacial score (nSPS) is 12.9. The van der Waals surface area contributed by atoms with E-state index in [2.05, 4.69) is 10.6 Å². The number of nitrogens with zero attached hydrogens (tertiary/aromatic N) is 2. The van der Waals surface area contributed by atoms with Gasteiger partial charge in [-0.1, -0.05) is 56.3 Å². The van der Waals surface area contributed by atoms with Crippen LogP contribution in [-0.4, -0.2) is 87.5 Å². The lowest BCUT2D eigenvalue weighted by atomic mass is 10.00. The van der Waals surface area contributed by atoms with Gasteiger partial charge in [0.1, 0.15) is 5.75 Å². The zero-order chi connectivity index (χ0) is 33.0. The van der Waals surface area contributed by atoms with E-state index in [1.165, 1.54) is 32.3 Å². The summed E-state index contributed by atoms with van der Waals surface area (Å²) in [4.78, 5) is 28.8. The fourth-order valence-electron chi connectivity index (χ4n) is 4.94. The number of sulfonamides is 1. The van der Waals surface area contributed by atoms with Gasteiger partial charge in [-0.2, -0.15) is 0 Å². The third-order valence-corrected chi connectivity index (χ3v) is 9.16. The van der Waals surface area contributed by atoms with E-state index in [4.69, 9.17) is 4.74 Å². The minimum atomic E-state index is -3.96. The molecule has 3 aromatic carbocycles. The van der Waals surface area contributed by atoms with Gasteiger partial charge in [0, 0.05) is 51.4 Å². The number of rotatable bonds is 17. The Hall–Kier alpha value is -3.77. The van der Waals surface area contributed by atoms with Crippen molar-refractivity contribution >= 4 is 21.8 Å². The minimum Gasteiger partial charge on any atom is -0.497 e. The fourth-order valence-corrected chi connectivity index (χ4v) is 5.92. The van der Waals surface area contributed by atoms with Gasteiger partial charge < -0.3 is 25.4 Å². The highest BCUT2D eigenvalue weighted by Gasteiger charge is 2.27. The highest BCUT2D eigenvalue weighted by atomic mass is 32.2. The number of carbonyl (C=O) groups excluding carboxylic acids is 2. The van der Waals surface area contributed by atoms with Crippen molar-refractivity contribution in [1.82, 2.24) is 19.8 Å². The molecule has 0 aromatic heterocycles. The van der Waals surface area contributed by atoms with Gasteiger partial charge in [-0.05, 0) is 60.7 Å². The molecular weight excluding hydrogens is 592 g/mol. The molecule has 0 bridgehead atoms. The number of aliphatic hydroxyl groups excluding tert-OH is 1. The van der Waals surface area contributed by atoms with E-state index in [0.29, 0.717) is 26.1 Å². The molecule has 0 radical (unpaired) electrons. The maximum Gasteiger partial charge on any atom is 0.253 e. The van der Waals surface area contributed by atoms with E-state index in [9.17, 15) is 23.1 Å². The van der Waals surface area contributed by atoms with Crippen molar-refractivity contribution in [3.05, 3.63) is 95.1 Å². The monoisotopic (exact) mass is 638 g/mol. The maximum atomic E-state index is 13.8. The summed E-state index contributed by atoms with van der Waals surface area (Å²) in [5, 5.41) is 17.4. The van der Waals surface area contributed by atoms with Crippen LogP contribution in [0.15, 0.2) is 77.7 Å². The molecule has 0 heterocycles. The number of methoxy groups -OCH3 is 1. The van der Waals surface area contributed by atoms with Gasteiger partial charge in [0.2, 0.25) is 10.0 Å². The molecule has 0 aliphatic heterocycles. The summed E-state index contributed by atoms with van der Waals surface area (Å²) in [5.41, 5.74) is 2.01. The predicted octanol–water partition coefficient (Wildman–Crippen LogP) is 3.70. The third kappa shape index (κ3) is 10.1. The van der Waals surface area contributed by atoms with Crippen molar-refractivity contribution in [1.29, 1.82) is 0 Å². The summed E-state index contributed by atoms with van der Waals surface area (Å²) in [6, 6.07) is 20.4. The van der Waals surface area contributed by atoms with E-state index in [0.717, 1.165) is 34.0 Å². The molecule has 244 valence electrons. The van der Waals surface area contributed by atoms with Gasteiger partial charge >= 0.3 is 0 Å². The lowest BCUT2D eigenvalue weighted by Gasteiger charge is -2.26. The molecule has 3 N–H and O–H groups in total. The van der Waals surface area contributed by atoms with Crippen LogP contribution in [0.4, 0.5) is 0 Å². The van der Waals surface area contributed by atoms with E-state index >= 15 is 0 Å². The van der Waals surface area contributed by atoms with Crippen LogP contribution in [0.3, 0.4) is 0 Å². The maximum absolute atomic E-state index is 13.8. The molecule has 0 aliphatic rings. The number of hydrogen-bond donors (Lipinski definition) is 3. The third-order valence-electron chi connectivity index (χ3n) is 7.36. The summed E-state index contributed by atoms with van der Waals surface area (Å²) < 4.78 is 32.7. The second-order valence-electron chi connectivity index (χ2n) is 11.1. The smallest absolute Gasteiger partial charge is 0.253 e. The average molecular weight is 639 g/mol. The van der Waals surface area contributed by atoms with Crippen molar-refractivity contribution < 1.29 is 27.9 Å². The summed E-state index contributed by atoms with van der Waals surface area (Å²) in [7, 11) is 0.435. The molecular formula is C34H46N4O6S. The molecule has 3 rings (SSSR count). The number of nitrogens with one attached hydrogen (secondary N) is 2. The van der Waals surface area contributed by atoms with Crippen LogP contribution in [0.25, 0.3) is 0 Å². The number of amides is 2. The van der Waals surface area contributed by atoms with Crippen LogP contribution in [-0.2, 0) is 23.0 Å². The fraction of sp³-hybridized carbons (Fsp3) is 0.412. The molecule has 10 nitrogen and oxygen atoms in total. The lowest BCUT2D eigenvalue weighted by Crippen LogP contribution is -2.48. The van der Waals surface area contributed by atoms with Crippen LogP contribution in [0, 0.1) is 0 Å². The predicted molar refractivity (Wildman–Crippen MR) is 176 cm³/mol. The van der Waals surface area contributed by atoms with Gasteiger partial charge in [-0.15, -0.1) is 0 Å². The number of aliphatic hydroxyl groups is 1.